The lowest BCUT2D eigenvalue weighted by molar-refractivity contribution is -0.0340. The average Bonchev–Trinajstić information content (AvgIpc) is 3.36. The van der Waals surface area contributed by atoms with Crippen LogP contribution in [0.15, 0.2) is 24.5 Å². The summed E-state index contributed by atoms with van der Waals surface area (Å²) in [6, 6.07) is 4.44. The minimum atomic E-state index is -0.692. The fourth-order valence-corrected chi connectivity index (χ4v) is 6.49. The van der Waals surface area contributed by atoms with Crippen molar-refractivity contribution in [3.05, 3.63) is 35.9 Å². The highest BCUT2D eigenvalue weighted by atomic mass is 19.1. The summed E-state index contributed by atoms with van der Waals surface area (Å²) in [6.07, 6.45) is 4.65. The molecule has 1 atom stereocenters. The highest BCUT2D eigenvalue weighted by molar-refractivity contribution is 5.97. The van der Waals surface area contributed by atoms with Crippen molar-refractivity contribution in [1.82, 2.24) is 30.3 Å². The average molecular weight is 600 g/mol. The second-order valence-electron chi connectivity index (χ2n) is 13.5. The molecule has 10 nitrogen and oxygen atoms in total. The van der Waals surface area contributed by atoms with E-state index in [-0.39, 0.29) is 34.6 Å². The predicted molar refractivity (Wildman–Crippen MR) is 166 cm³/mol. The molecule has 43 heavy (non-hydrogen) atoms. The lowest BCUT2D eigenvalue weighted by atomic mass is 9.76. The van der Waals surface area contributed by atoms with Crippen LogP contribution in [0.25, 0.3) is 0 Å². The number of carbonyl (C=O) groups excluding carboxylic acids is 1. The third kappa shape index (κ3) is 8.19. The van der Waals surface area contributed by atoms with Crippen LogP contribution >= 0.6 is 0 Å². The summed E-state index contributed by atoms with van der Waals surface area (Å²) >= 11 is 0. The van der Waals surface area contributed by atoms with E-state index in [1.807, 2.05) is 34.6 Å². The Morgan fingerprint density at radius 3 is 2.63 bits per heavy atom. The SMILES string of the molecule is CCN(C(=O)c1cc(F)ccc1Oc1nncnc1N1CCC2(C1)CN(C(CCCNCC(C)(C)O)C(C)C)C2)C(C)C. The van der Waals surface area contributed by atoms with Crippen molar-refractivity contribution in [3.8, 4) is 11.6 Å². The number of aromatic nitrogens is 3. The zero-order valence-corrected chi connectivity index (χ0v) is 26.9. The molecule has 1 aromatic carbocycles. The summed E-state index contributed by atoms with van der Waals surface area (Å²) < 4.78 is 20.4. The first-order chi connectivity index (χ1) is 20.3. The second kappa shape index (κ2) is 13.8. The van der Waals surface area contributed by atoms with Gasteiger partial charge in [0.05, 0.1) is 11.2 Å². The largest absolute Gasteiger partial charge is 0.434 e. The van der Waals surface area contributed by atoms with Crippen molar-refractivity contribution in [2.24, 2.45) is 11.3 Å². The highest BCUT2D eigenvalue weighted by Crippen LogP contribution is 2.44. The standard InChI is InChI=1S/C32H50FN7O3/c1-8-40(23(4)5)30(41)25-16-24(33)11-12-27(25)43-29-28(35-21-36-37-29)38-15-13-32(18-38)19-39(20-32)26(22(2)3)10-9-14-34-17-31(6,7)42/h11-12,16,21-23,26,34,42H,8-10,13-15,17-20H2,1-7H3. The van der Waals surface area contributed by atoms with Crippen molar-refractivity contribution in [3.63, 3.8) is 0 Å². The van der Waals surface area contributed by atoms with Gasteiger partial charge in [0.1, 0.15) is 17.9 Å². The van der Waals surface area contributed by atoms with Crippen molar-refractivity contribution in [2.75, 3.05) is 50.7 Å². The van der Waals surface area contributed by atoms with E-state index in [9.17, 15) is 14.3 Å². The number of nitrogens with one attached hydrogen (secondary N) is 1. The second-order valence-corrected chi connectivity index (χ2v) is 13.5. The Hall–Kier alpha value is -2.89. The van der Waals surface area contributed by atoms with E-state index in [1.54, 1.807) is 4.90 Å². The molecule has 2 aromatic rings. The quantitative estimate of drug-likeness (QED) is 0.307. The zero-order chi connectivity index (χ0) is 31.4. The molecule has 3 heterocycles. The van der Waals surface area contributed by atoms with E-state index in [1.165, 1.54) is 24.5 Å². The van der Waals surface area contributed by atoms with E-state index in [0.717, 1.165) is 52.0 Å². The Labute approximate surface area is 256 Å². The van der Waals surface area contributed by atoms with Gasteiger partial charge in [0.25, 0.3) is 11.8 Å². The number of rotatable bonds is 14. The van der Waals surface area contributed by atoms with E-state index in [0.29, 0.717) is 30.9 Å². The molecule has 2 N–H and O–H groups in total. The first-order valence-electron chi connectivity index (χ1n) is 15.7. The van der Waals surface area contributed by atoms with E-state index in [2.05, 4.69) is 44.1 Å². The topological polar surface area (TPSA) is 107 Å². The number of amides is 1. The number of nitrogens with zero attached hydrogens (tertiary/aromatic N) is 6. The highest BCUT2D eigenvalue weighted by Gasteiger charge is 2.50. The summed E-state index contributed by atoms with van der Waals surface area (Å²) in [5.74, 6) is 0.781. The number of hydrogen-bond donors (Lipinski definition) is 2. The number of benzene rings is 1. The van der Waals surface area contributed by atoms with E-state index < -0.39 is 11.4 Å². The number of halogens is 1. The first-order valence-corrected chi connectivity index (χ1v) is 15.7. The van der Waals surface area contributed by atoms with E-state index in [4.69, 9.17) is 4.74 Å². The molecule has 0 radical (unpaired) electrons. The molecular weight excluding hydrogens is 549 g/mol. The summed E-state index contributed by atoms with van der Waals surface area (Å²) in [4.78, 5) is 24.3. The molecule has 0 bridgehead atoms. The fourth-order valence-electron chi connectivity index (χ4n) is 6.49. The molecule has 2 fully saturated rings. The summed E-state index contributed by atoms with van der Waals surface area (Å²) in [6.45, 7) is 19.7. The van der Waals surface area contributed by atoms with Crippen LogP contribution in [0.4, 0.5) is 10.2 Å². The third-order valence-electron chi connectivity index (χ3n) is 8.64. The van der Waals surface area contributed by atoms with Crippen LogP contribution in [-0.2, 0) is 0 Å². The number of hydrogen-bond acceptors (Lipinski definition) is 9. The molecule has 2 saturated heterocycles. The first kappa shape index (κ1) is 33.0. The van der Waals surface area contributed by atoms with Crippen molar-refractivity contribution >= 4 is 11.7 Å². The molecule has 1 spiro atoms. The Morgan fingerprint density at radius 2 is 1.98 bits per heavy atom. The van der Waals surface area contributed by atoms with Crippen molar-refractivity contribution in [2.45, 2.75) is 85.4 Å². The van der Waals surface area contributed by atoms with Crippen LogP contribution in [-0.4, -0.2) is 99.5 Å². The van der Waals surface area contributed by atoms with Crippen LogP contribution in [0.5, 0.6) is 11.6 Å². The van der Waals surface area contributed by atoms with Gasteiger partial charge >= 0.3 is 0 Å². The van der Waals surface area contributed by atoms with Gasteiger partial charge < -0.3 is 25.0 Å². The normalized spacial score (nSPS) is 17.5. The molecule has 238 valence electrons. The van der Waals surface area contributed by atoms with Crippen LogP contribution < -0.4 is 15.0 Å². The maximum Gasteiger partial charge on any atom is 0.282 e. The zero-order valence-electron chi connectivity index (χ0n) is 26.9. The van der Waals surface area contributed by atoms with Gasteiger partial charge in [-0.05, 0) is 84.5 Å². The van der Waals surface area contributed by atoms with Gasteiger partial charge in [0.15, 0.2) is 5.82 Å². The number of likely N-dealkylation sites (tertiary alicyclic amines) is 1. The molecule has 11 heteroatoms. The van der Waals surface area contributed by atoms with Gasteiger partial charge in [-0.25, -0.2) is 9.37 Å². The monoisotopic (exact) mass is 599 g/mol. The smallest absolute Gasteiger partial charge is 0.282 e. The Kier molecular flexibility index (Phi) is 10.6. The lowest BCUT2D eigenvalue weighted by Gasteiger charge is -2.53. The number of ether oxygens (including phenoxy) is 1. The summed E-state index contributed by atoms with van der Waals surface area (Å²) in [5.41, 5.74) is -0.359. The molecule has 1 unspecified atom stereocenters. The van der Waals surface area contributed by atoms with Gasteiger partial charge in [0.2, 0.25) is 0 Å². The van der Waals surface area contributed by atoms with Gasteiger partial charge in [0, 0.05) is 56.8 Å². The predicted octanol–water partition coefficient (Wildman–Crippen LogP) is 4.35. The van der Waals surface area contributed by atoms with Crippen LogP contribution in [0.2, 0.25) is 0 Å². The molecule has 1 amide bonds. The molecule has 4 rings (SSSR count). The Balaban J connectivity index is 1.41. The Bertz CT molecular complexity index is 1230. The van der Waals surface area contributed by atoms with Crippen LogP contribution in [0, 0.1) is 17.2 Å². The molecule has 2 aliphatic rings. The lowest BCUT2D eigenvalue weighted by Crippen LogP contribution is -2.62. The number of carbonyl (C=O) groups is 1. The van der Waals surface area contributed by atoms with Crippen molar-refractivity contribution in [1.29, 1.82) is 0 Å². The number of anilines is 1. The van der Waals surface area contributed by atoms with Gasteiger partial charge in [-0.15, -0.1) is 10.2 Å². The molecule has 1 aromatic heterocycles. The molecule has 0 saturated carbocycles. The third-order valence-corrected chi connectivity index (χ3v) is 8.64. The minimum absolute atomic E-state index is 0.0455. The van der Waals surface area contributed by atoms with Crippen molar-refractivity contribution < 1.29 is 19.0 Å². The maximum atomic E-state index is 14.3. The molecule has 0 aliphatic carbocycles. The summed E-state index contributed by atoms with van der Waals surface area (Å²) in [5, 5.41) is 21.5. The molecule has 2 aliphatic heterocycles. The number of aliphatic hydroxyl groups is 1. The molecular formula is C32H50FN7O3. The van der Waals surface area contributed by atoms with Gasteiger partial charge in [-0.2, -0.15) is 0 Å². The van der Waals surface area contributed by atoms with Crippen LogP contribution in [0.1, 0.15) is 78.1 Å². The summed E-state index contributed by atoms with van der Waals surface area (Å²) in [7, 11) is 0. The Morgan fingerprint density at radius 1 is 1.23 bits per heavy atom. The van der Waals surface area contributed by atoms with Gasteiger partial charge in [-0.1, -0.05) is 13.8 Å². The van der Waals surface area contributed by atoms with Gasteiger partial charge in [-0.3, -0.25) is 9.69 Å². The fraction of sp³-hybridized carbons (Fsp3) is 0.688. The van der Waals surface area contributed by atoms with E-state index >= 15 is 0 Å². The minimum Gasteiger partial charge on any atom is -0.434 e. The van der Waals surface area contributed by atoms with Crippen LogP contribution in [0.3, 0.4) is 0 Å². The maximum absolute atomic E-state index is 14.3.